The number of carbonyl (C=O) groups is 3. The zero-order valence-electron chi connectivity index (χ0n) is 18.6. The van der Waals surface area contributed by atoms with Gasteiger partial charge in [-0.2, -0.15) is 0 Å². The van der Waals surface area contributed by atoms with Crippen molar-refractivity contribution < 1.29 is 29.3 Å². The number of carboxylic acid groups (broad SMARTS) is 1. The minimum atomic E-state index is -1.31. The lowest BCUT2D eigenvalue weighted by Gasteiger charge is -2.16. The molecule has 8 heteroatoms. The fourth-order valence-corrected chi connectivity index (χ4v) is 4.06. The van der Waals surface area contributed by atoms with Crippen molar-refractivity contribution >= 4 is 18.0 Å². The van der Waals surface area contributed by atoms with Crippen LogP contribution in [-0.2, 0) is 14.3 Å². The first-order chi connectivity index (χ1) is 15.9. The molecular weight excluding hydrogens is 424 g/mol. The summed E-state index contributed by atoms with van der Waals surface area (Å²) in [6.07, 6.45) is 0.398. The largest absolute Gasteiger partial charge is 0.480 e. The Morgan fingerprint density at radius 1 is 0.970 bits per heavy atom. The van der Waals surface area contributed by atoms with Gasteiger partial charge in [-0.15, -0.1) is 0 Å². The third kappa shape index (κ3) is 6.32. The minimum Gasteiger partial charge on any atom is -0.480 e. The molecule has 0 spiro atoms. The normalized spacial score (nSPS) is 14.0. The van der Waals surface area contributed by atoms with Gasteiger partial charge in [-0.3, -0.25) is 4.79 Å². The molecule has 2 aromatic rings. The zero-order chi connectivity index (χ0) is 23.8. The molecule has 4 N–H and O–H groups in total. The Morgan fingerprint density at radius 3 is 2.15 bits per heavy atom. The molecule has 33 heavy (non-hydrogen) atoms. The zero-order valence-corrected chi connectivity index (χ0v) is 18.6. The quantitative estimate of drug-likeness (QED) is 0.387. The lowest BCUT2D eigenvalue weighted by molar-refractivity contribution is -0.144. The van der Waals surface area contributed by atoms with E-state index in [1.54, 1.807) is 0 Å². The van der Waals surface area contributed by atoms with Gasteiger partial charge in [-0.25, -0.2) is 9.59 Å². The number of amides is 2. The van der Waals surface area contributed by atoms with Crippen LogP contribution in [0.15, 0.2) is 48.5 Å². The number of hydrogen-bond acceptors (Lipinski definition) is 5. The minimum absolute atomic E-state index is 0.0120. The van der Waals surface area contributed by atoms with Crippen LogP contribution in [0, 0.1) is 0 Å². The van der Waals surface area contributed by atoms with Gasteiger partial charge in [0.1, 0.15) is 6.61 Å². The number of ether oxygens (including phenoxy) is 1. The van der Waals surface area contributed by atoms with Crippen molar-refractivity contribution in [3.05, 3.63) is 59.7 Å². The fraction of sp³-hybridized carbons (Fsp3) is 0.400. The summed E-state index contributed by atoms with van der Waals surface area (Å²) in [5.74, 6) is -1.68. The van der Waals surface area contributed by atoms with Crippen LogP contribution in [0.2, 0.25) is 0 Å². The van der Waals surface area contributed by atoms with E-state index in [1.165, 1.54) is 18.1 Å². The van der Waals surface area contributed by atoms with Crippen LogP contribution in [0.4, 0.5) is 4.79 Å². The number of rotatable bonds is 11. The Kier molecular flexibility index (Phi) is 8.43. The van der Waals surface area contributed by atoms with Crippen molar-refractivity contribution in [1.29, 1.82) is 0 Å². The molecule has 2 atom stereocenters. The number of alkyl carbamates (subject to hydrolysis) is 1. The number of hydrogen-bond donors (Lipinski definition) is 4. The highest BCUT2D eigenvalue weighted by Gasteiger charge is 2.29. The second-order valence-electron chi connectivity index (χ2n) is 8.19. The van der Waals surface area contributed by atoms with E-state index in [0.717, 1.165) is 11.1 Å². The summed E-state index contributed by atoms with van der Waals surface area (Å²) in [4.78, 5) is 34.9. The summed E-state index contributed by atoms with van der Waals surface area (Å²) >= 11 is 0. The van der Waals surface area contributed by atoms with Crippen molar-refractivity contribution in [2.45, 2.75) is 50.7 Å². The Balaban J connectivity index is 1.34. The standard InChI is InChI=1S/C25H30N2O6/c1-16(28)23(24(30)31)27-22(29)13-3-2-8-14-26-25(32)33-15-21-19-11-6-4-9-17(19)18-10-5-7-12-20(18)21/h4-7,9-12,16,21,23,28H,2-3,8,13-15H2,1H3,(H,26,32)(H,27,29)(H,30,31)/t16-,23+/m1/s1. The maximum absolute atomic E-state index is 12.1. The van der Waals surface area contributed by atoms with E-state index in [0.29, 0.717) is 25.8 Å². The first-order valence-corrected chi connectivity index (χ1v) is 11.2. The summed E-state index contributed by atoms with van der Waals surface area (Å²) in [5.41, 5.74) is 4.67. The average Bonchev–Trinajstić information content (AvgIpc) is 3.11. The van der Waals surface area contributed by atoms with E-state index in [9.17, 15) is 19.5 Å². The maximum Gasteiger partial charge on any atom is 0.407 e. The van der Waals surface area contributed by atoms with Crippen LogP contribution in [0.5, 0.6) is 0 Å². The molecule has 176 valence electrons. The molecule has 0 unspecified atom stereocenters. The summed E-state index contributed by atoms with van der Waals surface area (Å²) in [7, 11) is 0. The number of carbonyl (C=O) groups excluding carboxylic acids is 2. The van der Waals surface area contributed by atoms with Crippen LogP contribution in [0.1, 0.15) is 49.7 Å². The summed E-state index contributed by atoms with van der Waals surface area (Å²) in [6.45, 7) is 1.99. The smallest absolute Gasteiger partial charge is 0.407 e. The van der Waals surface area contributed by atoms with Crippen LogP contribution >= 0.6 is 0 Å². The van der Waals surface area contributed by atoms with Gasteiger partial charge in [0.15, 0.2) is 6.04 Å². The van der Waals surface area contributed by atoms with Gasteiger partial charge in [0.25, 0.3) is 0 Å². The number of unbranched alkanes of at least 4 members (excludes halogenated alkanes) is 2. The molecule has 1 aliphatic carbocycles. The molecule has 0 saturated heterocycles. The highest BCUT2D eigenvalue weighted by atomic mass is 16.5. The van der Waals surface area contributed by atoms with Crippen molar-refractivity contribution in [2.75, 3.05) is 13.2 Å². The van der Waals surface area contributed by atoms with E-state index in [-0.39, 0.29) is 18.9 Å². The number of carboxylic acids is 1. The van der Waals surface area contributed by atoms with Gasteiger partial charge in [0, 0.05) is 18.9 Å². The highest BCUT2D eigenvalue weighted by molar-refractivity contribution is 5.84. The third-order valence-corrected chi connectivity index (χ3v) is 5.76. The van der Waals surface area contributed by atoms with Crippen molar-refractivity contribution in [1.82, 2.24) is 10.6 Å². The molecule has 2 aromatic carbocycles. The lowest BCUT2D eigenvalue weighted by Crippen LogP contribution is -2.47. The Morgan fingerprint density at radius 2 is 1.58 bits per heavy atom. The lowest BCUT2D eigenvalue weighted by atomic mass is 9.98. The molecule has 0 aliphatic heterocycles. The number of aliphatic carboxylic acids is 1. The Hall–Kier alpha value is -3.39. The highest BCUT2D eigenvalue weighted by Crippen LogP contribution is 2.44. The van der Waals surface area contributed by atoms with Crippen molar-refractivity contribution in [3.63, 3.8) is 0 Å². The topological polar surface area (TPSA) is 125 Å². The SMILES string of the molecule is C[C@@H](O)[C@H](NC(=O)CCCCCNC(=O)OCC1c2ccccc2-c2ccccc21)C(=O)O. The summed E-state index contributed by atoms with van der Waals surface area (Å²) < 4.78 is 5.48. The van der Waals surface area contributed by atoms with E-state index in [4.69, 9.17) is 9.84 Å². The first kappa shape index (κ1) is 24.3. The molecule has 1 aliphatic rings. The van der Waals surface area contributed by atoms with Crippen LogP contribution in [0.3, 0.4) is 0 Å². The predicted molar refractivity (Wildman–Crippen MR) is 123 cm³/mol. The fourth-order valence-electron chi connectivity index (χ4n) is 4.06. The molecule has 0 bridgehead atoms. The second kappa shape index (κ2) is 11.5. The van der Waals surface area contributed by atoms with Gasteiger partial charge in [-0.1, -0.05) is 55.0 Å². The van der Waals surface area contributed by atoms with Crippen LogP contribution in [0.25, 0.3) is 11.1 Å². The summed E-state index contributed by atoms with van der Waals surface area (Å²) in [5, 5.41) is 23.4. The Labute approximate surface area is 193 Å². The molecule has 0 heterocycles. The molecule has 0 aromatic heterocycles. The Bertz CT molecular complexity index is 945. The third-order valence-electron chi connectivity index (χ3n) is 5.76. The van der Waals surface area contributed by atoms with Crippen LogP contribution < -0.4 is 10.6 Å². The number of nitrogens with one attached hydrogen (secondary N) is 2. The number of benzene rings is 2. The predicted octanol–water partition coefficient (Wildman–Crippen LogP) is 3.04. The van der Waals surface area contributed by atoms with Crippen molar-refractivity contribution in [3.8, 4) is 11.1 Å². The molecular formula is C25H30N2O6. The van der Waals surface area contributed by atoms with Gasteiger partial charge in [0.05, 0.1) is 6.10 Å². The molecule has 0 saturated carbocycles. The van der Waals surface area contributed by atoms with E-state index in [2.05, 4.69) is 34.9 Å². The van der Waals surface area contributed by atoms with Gasteiger partial charge in [-0.05, 0) is 42.0 Å². The van der Waals surface area contributed by atoms with Gasteiger partial charge >= 0.3 is 12.1 Å². The molecule has 0 fully saturated rings. The average molecular weight is 455 g/mol. The summed E-state index contributed by atoms with van der Waals surface area (Å²) in [6, 6.07) is 15.0. The molecule has 8 nitrogen and oxygen atoms in total. The number of aliphatic hydroxyl groups excluding tert-OH is 1. The van der Waals surface area contributed by atoms with Crippen LogP contribution in [-0.4, -0.2) is 53.5 Å². The van der Waals surface area contributed by atoms with E-state index in [1.807, 2.05) is 24.3 Å². The number of fused-ring (bicyclic) bond motifs is 3. The van der Waals surface area contributed by atoms with Gasteiger partial charge < -0.3 is 25.6 Å². The monoisotopic (exact) mass is 454 g/mol. The van der Waals surface area contributed by atoms with Crippen molar-refractivity contribution in [2.24, 2.45) is 0 Å². The molecule has 0 radical (unpaired) electrons. The molecule has 2 amide bonds. The van der Waals surface area contributed by atoms with Gasteiger partial charge in [0.2, 0.25) is 5.91 Å². The first-order valence-electron chi connectivity index (χ1n) is 11.2. The molecule has 3 rings (SSSR count). The number of aliphatic hydroxyl groups is 1. The van der Waals surface area contributed by atoms with E-state index >= 15 is 0 Å². The van der Waals surface area contributed by atoms with E-state index < -0.39 is 30.1 Å². The second-order valence-corrected chi connectivity index (χ2v) is 8.19. The maximum atomic E-state index is 12.1.